The number of rotatable bonds is 4. The molecule has 9 heteroatoms. The number of methoxy groups -OCH3 is 1. The Kier molecular flexibility index (Phi) is 5.35. The van der Waals surface area contributed by atoms with E-state index in [0.29, 0.717) is 5.56 Å². The van der Waals surface area contributed by atoms with Crippen LogP contribution in [0, 0.1) is 3.70 Å². The number of halogens is 4. The second-order valence-electron chi connectivity index (χ2n) is 3.39. The maximum absolute atomic E-state index is 12.3. The fraction of sp³-hybridized carbons (Fsp3) is 0.400. The molecule has 0 amide bonds. The van der Waals surface area contributed by atoms with Gasteiger partial charge in [0, 0.05) is 12.1 Å². The number of hydrogen-bond donors (Lipinski definition) is 1. The van der Waals surface area contributed by atoms with Gasteiger partial charge in [-0.15, -0.1) is 13.2 Å². The van der Waals surface area contributed by atoms with E-state index in [4.69, 9.17) is 5.73 Å². The monoisotopic (exact) mass is 390 g/mol. The number of hydrogen-bond acceptors (Lipinski definition) is 5. The third-order valence-corrected chi connectivity index (χ3v) is 2.68. The van der Waals surface area contributed by atoms with E-state index in [1.807, 2.05) is 0 Å². The standard InChI is InChI=1S/C10H10F3IN2O3/c1-18-8(17)3-6-5(4-15)2-7(14)16-9(6)19-10(11,12)13/h2H,3-4,15H2,1H3. The number of esters is 1. The topological polar surface area (TPSA) is 74.4 Å². The van der Waals surface area contributed by atoms with Crippen molar-refractivity contribution in [1.82, 2.24) is 4.98 Å². The van der Waals surface area contributed by atoms with Crippen molar-refractivity contribution in [2.45, 2.75) is 19.3 Å². The van der Waals surface area contributed by atoms with Crippen LogP contribution in [0.15, 0.2) is 6.07 Å². The highest BCUT2D eigenvalue weighted by molar-refractivity contribution is 14.1. The van der Waals surface area contributed by atoms with Crippen molar-refractivity contribution in [2.75, 3.05) is 7.11 Å². The van der Waals surface area contributed by atoms with Gasteiger partial charge in [0.2, 0.25) is 5.88 Å². The minimum atomic E-state index is -4.89. The van der Waals surface area contributed by atoms with Gasteiger partial charge >= 0.3 is 12.3 Å². The van der Waals surface area contributed by atoms with E-state index in [-0.39, 0.29) is 15.8 Å². The van der Waals surface area contributed by atoms with Gasteiger partial charge in [-0.05, 0) is 34.2 Å². The van der Waals surface area contributed by atoms with Gasteiger partial charge < -0.3 is 15.2 Å². The van der Waals surface area contributed by atoms with Crippen molar-refractivity contribution in [3.8, 4) is 5.88 Å². The molecular weight excluding hydrogens is 380 g/mol. The molecule has 106 valence electrons. The Labute approximate surface area is 120 Å². The van der Waals surface area contributed by atoms with Crippen molar-refractivity contribution in [3.63, 3.8) is 0 Å². The highest BCUT2D eigenvalue weighted by Gasteiger charge is 2.34. The summed E-state index contributed by atoms with van der Waals surface area (Å²) in [4.78, 5) is 14.9. The number of carbonyl (C=O) groups excluding carboxylic acids is 1. The molecule has 19 heavy (non-hydrogen) atoms. The number of pyridine rings is 1. The number of nitrogens with zero attached hydrogens (tertiary/aromatic N) is 1. The highest BCUT2D eigenvalue weighted by Crippen LogP contribution is 2.28. The predicted octanol–water partition coefficient (Wildman–Crippen LogP) is 1.76. The lowest BCUT2D eigenvalue weighted by molar-refractivity contribution is -0.276. The van der Waals surface area contributed by atoms with Gasteiger partial charge in [0.25, 0.3) is 0 Å². The fourth-order valence-corrected chi connectivity index (χ4v) is 1.94. The molecule has 0 atom stereocenters. The number of carbonyl (C=O) groups is 1. The molecule has 1 rings (SSSR count). The first-order chi connectivity index (χ1) is 8.76. The summed E-state index contributed by atoms with van der Waals surface area (Å²) in [5, 5.41) is 0. The minimum absolute atomic E-state index is 0.0212. The molecule has 0 saturated heterocycles. The van der Waals surface area contributed by atoms with Crippen LogP contribution in [-0.4, -0.2) is 24.4 Å². The molecule has 0 bridgehead atoms. The lowest BCUT2D eigenvalue weighted by Crippen LogP contribution is -2.21. The van der Waals surface area contributed by atoms with Crippen molar-refractivity contribution < 1.29 is 27.4 Å². The summed E-state index contributed by atoms with van der Waals surface area (Å²) >= 11 is 1.74. The number of nitrogens with two attached hydrogens (primary N) is 1. The Morgan fingerprint density at radius 2 is 2.16 bits per heavy atom. The zero-order valence-electron chi connectivity index (χ0n) is 9.75. The van der Waals surface area contributed by atoms with Gasteiger partial charge in [0.05, 0.1) is 13.5 Å². The highest BCUT2D eigenvalue weighted by atomic mass is 127. The first-order valence-electron chi connectivity index (χ1n) is 4.97. The van der Waals surface area contributed by atoms with Crippen LogP contribution in [-0.2, 0) is 22.5 Å². The van der Waals surface area contributed by atoms with E-state index in [9.17, 15) is 18.0 Å². The van der Waals surface area contributed by atoms with E-state index >= 15 is 0 Å². The number of alkyl halides is 3. The second-order valence-corrected chi connectivity index (χ2v) is 4.50. The van der Waals surface area contributed by atoms with Crippen molar-refractivity contribution in [2.24, 2.45) is 5.73 Å². The van der Waals surface area contributed by atoms with Gasteiger partial charge in [-0.25, -0.2) is 4.98 Å². The van der Waals surface area contributed by atoms with Crippen molar-refractivity contribution in [1.29, 1.82) is 0 Å². The molecule has 0 saturated carbocycles. The largest absolute Gasteiger partial charge is 0.574 e. The molecule has 1 heterocycles. The maximum atomic E-state index is 12.3. The average molecular weight is 390 g/mol. The smallest absolute Gasteiger partial charge is 0.469 e. The molecule has 0 unspecified atom stereocenters. The Morgan fingerprint density at radius 1 is 1.53 bits per heavy atom. The van der Waals surface area contributed by atoms with E-state index in [0.717, 1.165) is 7.11 Å². The van der Waals surface area contributed by atoms with E-state index in [1.165, 1.54) is 6.07 Å². The molecule has 0 spiro atoms. The van der Waals surface area contributed by atoms with Crippen LogP contribution in [0.25, 0.3) is 0 Å². The molecule has 0 aliphatic rings. The van der Waals surface area contributed by atoms with Crippen LogP contribution >= 0.6 is 22.6 Å². The Bertz CT molecular complexity index is 480. The van der Waals surface area contributed by atoms with Crippen LogP contribution in [0.2, 0.25) is 0 Å². The molecular formula is C10H10F3IN2O3. The van der Waals surface area contributed by atoms with Crippen molar-refractivity contribution >= 4 is 28.6 Å². The summed E-state index contributed by atoms with van der Waals surface area (Å²) in [6.07, 6.45) is -5.29. The maximum Gasteiger partial charge on any atom is 0.574 e. The number of ether oxygens (including phenoxy) is 2. The molecule has 0 aromatic carbocycles. The lowest BCUT2D eigenvalue weighted by atomic mass is 10.1. The van der Waals surface area contributed by atoms with Crippen LogP contribution in [0.5, 0.6) is 5.88 Å². The SMILES string of the molecule is COC(=O)Cc1c(CN)cc(I)nc1OC(F)(F)F. The van der Waals surface area contributed by atoms with Gasteiger partial charge in [-0.3, -0.25) is 4.79 Å². The van der Waals surface area contributed by atoms with Crippen LogP contribution < -0.4 is 10.5 Å². The Morgan fingerprint density at radius 3 is 2.63 bits per heavy atom. The van der Waals surface area contributed by atoms with Gasteiger partial charge in [0.1, 0.15) is 3.70 Å². The van der Waals surface area contributed by atoms with Crippen LogP contribution in [0.3, 0.4) is 0 Å². The van der Waals surface area contributed by atoms with E-state index in [2.05, 4.69) is 14.5 Å². The summed E-state index contributed by atoms with van der Waals surface area (Å²) in [5.41, 5.74) is 5.78. The van der Waals surface area contributed by atoms with Crippen molar-refractivity contribution in [3.05, 3.63) is 20.9 Å². The normalized spacial score (nSPS) is 11.3. The van der Waals surface area contributed by atoms with Crippen LogP contribution in [0.1, 0.15) is 11.1 Å². The lowest BCUT2D eigenvalue weighted by Gasteiger charge is -2.15. The molecule has 5 nitrogen and oxygen atoms in total. The van der Waals surface area contributed by atoms with Crippen LogP contribution in [0.4, 0.5) is 13.2 Å². The predicted molar refractivity (Wildman–Crippen MR) is 67.2 cm³/mol. The molecule has 0 fully saturated rings. The molecule has 1 aromatic rings. The summed E-state index contributed by atoms with van der Waals surface area (Å²) in [6, 6.07) is 1.49. The minimum Gasteiger partial charge on any atom is -0.469 e. The summed E-state index contributed by atoms with van der Waals surface area (Å²) < 4.78 is 45.4. The average Bonchev–Trinajstić information content (AvgIpc) is 2.29. The molecule has 0 aliphatic heterocycles. The van der Waals surface area contributed by atoms with E-state index in [1.54, 1.807) is 22.6 Å². The van der Waals surface area contributed by atoms with Gasteiger partial charge in [-0.1, -0.05) is 0 Å². The quantitative estimate of drug-likeness (QED) is 0.482. The van der Waals surface area contributed by atoms with Gasteiger partial charge in [0.15, 0.2) is 0 Å². The Hall–Kier alpha value is -1.10. The Balaban J connectivity index is 3.25. The molecule has 0 aliphatic carbocycles. The molecule has 2 N–H and O–H groups in total. The number of aromatic nitrogens is 1. The summed E-state index contributed by atoms with van der Waals surface area (Å²) in [6.45, 7) is -0.0426. The first kappa shape index (κ1) is 16.0. The third-order valence-electron chi connectivity index (χ3n) is 2.13. The summed E-state index contributed by atoms with van der Waals surface area (Å²) in [7, 11) is 1.13. The fourth-order valence-electron chi connectivity index (χ4n) is 1.35. The third kappa shape index (κ3) is 4.82. The molecule has 1 aromatic heterocycles. The zero-order chi connectivity index (χ0) is 14.6. The molecule has 0 radical (unpaired) electrons. The zero-order valence-corrected chi connectivity index (χ0v) is 11.9. The second kappa shape index (κ2) is 6.37. The van der Waals surface area contributed by atoms with E-state index < -0.39 is 24.6 Å². The summed E-state index contributed by atoms with van der Waals surface area (Å²) in [5.74, 6) is -1.38. The van der Waals surface area contributed by atoms with Gasteiger partial charge in [-0.2, -0.15) is 0 Å². The first-order valence-corrected chi connectivity index (χ1v) is 6.05.